The van der Waals surface area contributed by atoms with E-state index in [0.717, 1.165) is 28.6 Å². The van der Waals surface area contributed by atoms with Crippen molar-refractivity contribution in [1.82, 2.24) is 10.1 Å². The number of hydrogen-bond donors (Lipinski definition) is 0. The molecule has 0 radical (unpaired) electrons. The van der Waals surface area contributed by atoms with Gasteiger partial charge in [0.2, 0.25) is 0 Å². The Hall–Kier alpha value is -3.21. The van der Waals surface area contributed by atoms with Crippen molar-refractivity contribution in [1.29, 1.82) is 0 Å². The summed E-state index contributed by atoms with van der Waals surface area (Å²) in [4.78, 5) is 19.8. The number of carbonyl (C=O) groups excluding carboxylic acids is 1. The molecule has 0 saturated heterocycles. The molecule has 1 amide bonds. The zero-order chi connectivity index (χ0) is 19.0. The third-order valence-electron chi connectivity index (χ3n) is 4.73. The van der Waals surface area contributed by atoms with Gasteiger partial charge in [-0.1, -0.05) is 48.5 Å². The van der Waals surface area contributed by atoms with Crippen molar-refractivity contribution in [3.05, 3.63) is 65.5 Å². The number of rotatable bonds is 4. The van der Waals surface area contributed by atoms with Crippen LogP contribution in [0.1, 0.15) is 35.1 Å². The predicted octanol–water partition coefficient (Wildman–Crippen LogP) is 5.05. The number of nitrogens with zero attached hydrogens (tertiary/aromatic N) is 3. The number of hydrogen-bond acceptors (Lipinski definition) is 4. The van der Waals surface area contributed by atoms with E-state index in [1.165, 1.54) is 0 Å². The number of benzene rings is 2. The Balaban J connectivity index is 1.91. The summed E-state index contributed by atoms with van der Waals surface area (Å²) in [6.07, 6.45) is 0.852. The molecule has 136 valence electrons. The smallest absolute Gasteiger partial charge is 0.259 e. The van der Waals surface area contributed by atoms with Gasteiger partial charge in [-0.05, 0) is 37.8 Å². The van der Waals surface area contributed by atoms with Crippen molar-refractivity contribution >= 4 is 33.5 Å². The van der Waals surface area contributed by atoms with Gasteiger partial charge >= 0.3 is 0 Å². The maximum atomic E-state index is 13.6. The van der Waals surface area contributed by atoms with Gasteiger partial charge in [0.25, 0.3) is 11.6 Å². The maximum Gasteiger partial charge on any atom is 0.259 e. The quantitative estimate of drug-likeness (QED) is 0.511. The summed E-state index contributed by atoms with van der Waals surface area (Å²) in [5.41, 5.74) is 3.31. The molecule has 0 aliphatic heterocycles. The fraction of sp³-hybridized carbons (Fsp3) is 0.227. The van der Waals surface area contributed by atoms with E-state index in [9.17, 15) is 4.79 Å². The number of pyridine rings is 1. The molecule has 4 rings (SSSR count). The Morgan fingerprint density at radius 2 is 1.89 bits per heavy atom. The van der Waals surface area contributed by atoms with Crippen LogP contribution in [0.4, 0.5) is 5.69 Å². The van der Waals surface area contributed by atoms with Gasteiger partial charge in [0.05, 0.1) is 22.3 Å². The Kier molecular flexibility index (Phi) is 4.36. The minimum atomic E-state index is -0.0602. The molecule has 0 N–H and O–H groups in total. The van der Waals surface area contributed by atoms with E-state index in [4.69, 9.17) is 4.52 Å². The van der Waals surface area contributed by atoms with E-state index in [-0.39, 0.29) is 5.91 Å². The van der Waals surface area contributed by atoms with Crippen LogP contribution in [-0.4, -0.2) is 22.6 Å². The standard InChI is InChI=1S/C22H21N3O2/c1-4-12-25(19-11-7-9-16-8-5-6-10-17(16)19)22(26)18-13-14(2)23-21-20(18)15(3)24-27-21/h5-11,13H,4,12H2,1-3H3. The Bertz CT molecular complexity index is 1140. The molecule has 2 aromatic carbocycles. The first-order chi connectivity index (χ1) is 13.1. The molecule has 2 heterocycles. The molecular weight excluding hydrogens is 338 g/mol. The molecule has 0 bridgehead atoms. The van der Waals surface area contributed by atoms with E-state index in [0.29, 0.717) is 28.9 Å². The molecule has 0 aliphatic carbocycles. The zero-order valence-electron chi connectivity index (χ0n) is 15.7. The summed E-state index contributed by atoms with van der Waals surface area (Å²) in [5.74, 6) is -0.0602. The van der Waals surface area contributed by atoms with Crippen LogP contribution in [0.25, 0.3) is 21.9 Å². The molecule has 2 aromatic heterocycles. The molecule has 5 heteroatoms. The lowest BCUT2D eigenvalue weighted by atomic mass is 10.0. The van der Waals surface area contributed by atoms with E-state index >= 15 is 0 Å². The highest BCUT2D eigenvalue weighted by atomic mass is 16.5. The maximum absolute atomic E-state index is 13.6. The number of fused-ring (bicyclic) bond motifs is 2. The fourth-order valence-electron chi connectivity index (χ4n) is 3.53. The number of anilines is 1. The van der Waals surface area contributed by atoms with Crippen LogP contribution >= 0.6 is 0 Å². The number of aryl methyl sites for hydroxylation is 2. The highest BCUT2D eigenvalue weighted by molar-refractivity contribution is 6.16. The summed E-state index contributed by atoms with van der Waals surface area (Å²) in [6.45, 7) is 6.39. The fourth-order valence-corrected chi connectivity index (χ4v) is 3.53. The van der Waals surface area contributed by atoms with Gasteiger partial charge in [-0.25, -0.2) is 4.98 Å². The first-order valence-electron chi connectivity index (χ1n) is 9.13. The lowest BCUT2D eigenvalue weighted by Gasteiger charge is -2.24. The summed E-state index contributed by atoms with van der Waals surface area (Å²) >= 11 is 0. The molecule has 4 aromatic rings. The van der Waals surface area contributed by atoms with Gasteiger partial charge in [0, 0.05) is 17.6 Å². The van der Waals surface area contributed by atoms with Crippen LogP contribution in [0.2, 0.25) is 0 Å². The molecule has 0 atom stereocenters. The average molecular weight is 359 g/mol. The highest BCUT2D eigenvalue weighted by Gasteiger charge is 2.24. The average Bonchev–Trinajstić information content (AvgIpc) is 3.05. The normalized spacial score (nSPS) is 11.2. The van der Waals surface area contributed by atoms with Crippen LogP contribution in [0.15, 0.2) is 53.1 Å². The van der Waals surface area contributed by atoms with Crippen molar-refractivity contribution in [3.63, 3.8) is 0 Å². The summed E-state index contributed by atoms with van der Waals surface area (Å²) < 4.78 is 5.30. The lowest BCUT2D eigenvalue weighted by molar-refractivity contribution is 0.0988. The van der Waals surface area contributed by atoms with E-state index in [1.807, 2.05) is 49.1 Å². The molecular formula is C22H21N3O2. The lowest BCUT2D eigenvalue weighted by Crippen LogP contribution is -2.32. The Morgan fingerprint density at radius 3 is 2.70 bits per heavy atom. The van der Waals surface area contributed by atoms with Crippen molar-refractivity contribution < 1.29 is 9.32 Å². The Labute approximate surface area is 157 Å². The van der Waals surface area contributed by atoms with Gasteiger partial charge in [-0.15, -0.1) is 0 Å². The van der Waals surface area contributed by atoms with E-state index in [1.54, 1.807) is 0 Å². The van der Waals surface area contributed by atoms with Crippen molar-refractivity contribution in [3.8, 4) is 0 Å². The van der Waals surface area contributed by atoms with Crippen molar-refractivity contribution in [2.45, 2.75) is 27.2 Å². The van der Waals surface area contributed by atoms with E-state index in [2.05, 4.69) is 35.3 Å². The molecule has 0 saturated carbocycles. The van der Waals surface area contributed by atoms with Gasteiger partial charge < -0.3 is 9.42 Å². The molecule has 0 fully saturated rings. The minimum absolute atomic E-state index is 0.0602. The van der Waals surface area contributed by atoms with Crippen LogP contribution in [0.3, 0.4) is 0 Å². The van der Waals surface area contributed by atoms with Gasteiger partial charge in [0.1, 0.15) is 0 Å². The third-order valence-corrected chi connectivity index (χ3v) is 4.73. The Morgan fingerprint density at radius 1 is 1.11 bits per heavy atom. The van der Waals surface area contributed by atoms with Crippen LogP contribution in [0, 0.1) is 13.8 Å². The summed E-state index contributed by atoms with van der Waals surface area (Å²) in [5, 5.41) is 6.86. The third kappa shape index (κ3) is 2.95. The topological polar surface area (TPSA) is 59.2 Å². The second kappa shape index (κ2) is 6.83. The van der Waals surface area contributed by atoms with Gasteiger partial charge in [-0.2, -0.15) is 0 Å². The monoisotopic (exact) mass is 359 g/mol. The van der Waals surface area contributed by atoms with Crippen molar-refractivity contribution in [2.75, 3.05) is 11.4 Å². The molecule has 0 aliphatic rings. The zero-order valence-corrected chi connectivity index (χ0v) is 15.7. The van der Waals surface area contributed by atoms with Crippen LogP contribution in [-0.2, 0) is 0 Å². The first-order valence-corrected chi connectivity index (χ1v) is 9.13. The molecule has 0 spiro atoms. The molecule has 5 nitrogen and oxygen atoms in total. The van der Waals surface area contributed by atoms with E-state index < -0.39 is 0 Å². The van der Waals surface area contributed by atoms with Crippen LogP contribution in [0.5, 0.6) is 0 Å². The highest BCUT2D eigenvalue weighted by Crippen LogP contribution is 2.30. The van der Waals surface area contributed by atoms with Crippen molar-refractivity contribution in [2.24, 2.45) is 0 Å². The predicted molar refractivity (Wildman–Crippen MR) is 107 cm³/mol. The largest absolute Gasteiger partial charge is 0.336 e. The number of carbonyl (C=O) groups is 1. The van der Waals surface area contributed by atoms with Gasteiger partial charge in [0.15, 0.2) is 0 Å². The minimum Gasteiger partial charge on any atom is -0.336 e. The van der Waals surface area contributed by atoms with Crippen LogP contribution < -0.4 is 4.90 Å². The molecule has 27 heavy (non-hydrogen) atoms. The number of aromatic nitrogens is 2. The number of amides is 1. The summed E-state index contributed by atoms with van der Waals surface area (Å²) in [6, 6.07) is 16.0. The molecule has 0 unspecified atom stereocenters. The summed E-state index contributed by atoms with van der Waals surface area (Å²) in [7, 11) is 0. The second-order valence-electron chi connectivity index (χ2n) is 6.71. The second-order valence-corrected chi connectivity index (χ2v) is 6.71. The van der Waals surface area contributed by atoms with Gasteiger partial charge in [-0.3, -0.25) is 4.79 Å². The SMILES string of the molecule is CCCN(C(=O)c1cc(C)nc2onc(C)c12)c1cccc2ccccc12. The first kappa shape index (κ1) is 17.2.